The molecular weight excluding hydrogens is 370 g/mol. The lowest BCUT2D eigenvalue weighted by Crippen LogP contribution is -2.31. The molecule has 1 aromatic carbocycles. The van der Waals surface area contributed by atoms with E-state index in [0.717, 1.165) is 23.1 Å². The zero-order valence-electron chi connectivity index (χ0n) is 16.6. The van der Waals surface area contributed by atoms with Crippen molar-refractivity contribution in [2.45, 2.75) is 27.3 Å². The lowest BCUT2D eigenvalue weighted by atomic mass is 10.1. The van der Waals surface area contributed by atoms with Gasteiger partial charge in [0.2, 0.25) is 11.8 Å². The van der Waals surface area contributed by atoms with Gasteiger partial charge in [-0.1, -0.05) is 12.1 Å². The van der Waals surface area contributed by atoms with Crippen molar-refractivity contribution in [1.29, 1.82) is 0 Å². The number of hydrogen-bond donors (Lipinski definition) is 3. The van der Waals surface area contributed by atoms with Crippen molar-refractivity contribution >= 4 is 35.1 Å². The standard InChI is InChI=1S/C21H23N5O3/c1-13-6-4-7-17(25-20(29)11-22-15(3)28)16(13)10-23-18-8-5-9-26-19(12-27)14(2)24-21(18)26/h4-9,12,23H,10-11H2,1-3H3,(H,22,28)(H,25,29). The molecule has 0 aliphatic rings. The molecule has 3 rings (SSSR count). The monoisotopic (exact) mass is 393 g/mol. The lowest BCUT2D eigenvalue weighted by molar-refractivity contribution is -0.122. The molecule has 2 heterocycles. The number of aldehydes is 1. The van der Waals surface area contributed by atoms with Gasteiger partial charge in [0.1, 0.15) is 5.69 Å². The van der Waals surface area contributed by atoms with Crippen molar-refractivity contribution in [3.63, 3.8) is 0 Å². The first kappa shape index (κ1) is 20.1. The van der Waals surface area contributed by atoms with E-state index < -0.39 is 0 Å². The molecule has 2 aromatic heterocycles. The Bertz CT molecular complexity index is 1090. The van der Waals surface area contributed by atoms with Gasteiger partial charge < -0.3 is 16.0 Å². The van der Waals surface area contributed by atoms with E-state index in [2.05, 4.69) is 20.9 Å². The van der Waals surface area contributed by atoms with Crippen LogP contribution in [0.1, 0.15) is 34.2 Å². The van der Waals surface area contributed by atoms with Gasteiger partial charge in [0, 0.05) is 25.4 Å². The van der Waals surface area contributed by atoms with Gasteiger partial charge in [-0.3, -0.25) is 18.8 Å². The Balaban J connectivity index is 1.82. The van der Waals surface area contributed by atoms with Gasteiger partial charge in [-0.25, -0.2) is 4.98 Å². The van der Waals surface area contributed by atoms with Crippen LogP contribution in [0.2, 0.25) is 0 Å². The van der Waals surface area contributed by atoms with Crippen LogP contribution in [0.5, 0.6) is 0 Å². The maximum absolute atomic E-state index is 12.1. The molecule has 29 heavy (non-hydrogen) atoms. The van der Waals surface area contributed by atoms with Crippen LogP contribution in [-0.4, -0.2) is 34.0 Å². The smallest absolute Gasteiger partial charge is 0.243 e. The molecule has 0 saturated heterocycles. The van der Waals surface area contributed by atoms with E-state index in [1.807, 2.05) is 37.3 Å². The largest absolute Gasteiger partial charge is 0.378 e. The van der Waals surface area contributed by atoms with Crippen LogP contribution < -0.4 is 16.0 Å². The minimum Gasteiger partial charge on any atom is -0.378 e. The molecule has 2 amide bonds. The summed E-state index contributed by atoms with van der Waals surface area (Å²) in [6.45, 7) is 5.49. The SMILES string of the molecule is CC(=O)NCC(=O)Nc1cccc(C)c1CNc1cccn2c(C=O)c(C)nc12. The molecule has 8 nitrogen and oxygen atoms in total. The van der Waals surface area contributed by atoms with Crippen molar-refractivity contribution < 1.29 is 14.4 Å². The highest BCUT2D eigenvalue weighted by Crippen LogP contribution is 2.24. The second-order valence-corrected chi connectivity index (χ2v) is 6.73. The fourth-order valence-electron chi connectivity index (χ4n) is 3.12. The highest BCUT2D eigenvalue weighted by Gasteiger charge is 2.13. The maximum atomic E-state index is 12.1. The number of hydrogen-bond acceptors (Lipinski definition) is 5. The number of aromatic nitrogens is 2. The first-order valence-electron chi connectivity index (χ1n) is 9.20. The molecule has 0 spiro atoms. The molecule has 8 heteroatoms. The summed E-state index contributed by atoms with van der Waals surface area (Å²) in [7, 11) is 0. The fourth-order valence-corrected chi connectivity index (χ4v) is 3.12. The number of carbonyl (C=O) groups is 3. The number of imidazole rings is 1. The van der Waals surface area contributed by atoms with Gasteiger partial charge >= 0.3 is 0 Å². The third-order valence-corrected chi connectivity index (χ3v) is 4.62. The highest BCUT2D eigenvalue weighted by atomic mass is 16.2. The number of anilines is 2. The second kappa shape index (κ2) is 8.55. The summed E-state index contributed by atoms with van der Waals surface area (Å²) in [5.41, 5.74) is 5.23. The number of amides is 2. The van der Waals surface area contributed by atoms with Gasteiger partial charge in [-0.2, -0.15) is 0 Å². The Morgan fingerprint density at radius 2 is 1.90 bits per heavy atom. The molecule has 0 fully saturated rings. The fraction of sp³-hybridized carbons (Fsp3) is 0.238. The average Bonchev–Trinajstić information content (AvgIpc) is 3.01. The van der Waals surface area contributed by atoms with Crippen molar-refractivity contribution in [3.05, 3.63) is 59.0 Å². The number of benzene rings is 1. The van der Waals surface area contributed by atoms with Gasteiger partial charge in [0.15, 0.2) is 11.9 Å². The van der Waals surface area contributed by atoms with E-state index in [0.29, 0.717) is 29.3 Å². The Morgan fingerprint density at radius 3 is 2.62 bits per heavy atom. The quantitative estimate of drug-likeness (QED) is 0.535. The van der Waals surface area contributed by atoms with Crippen molar-refractivity contribution in [1.82, 2.24) is 14.7 Å². The minimum absolute atomic E-state index is 0.0860. The average molecular weight is 393 g/mol. The van der Waals surface area contributed by atoms with E-state index in [1.165, 1.54) is 6.92 Å². The maximum Gasteiger partial charge on any atom is 0.243 e. The van der Waals surface area contributed by atoms with Crippen LogP contribution in [0.4, 0.5) is 11.4 Å². The first-order chi connectivity index (χ1) is 13.9. The van der Waals surface area contributed by atoms with Crippen LogP contribution >= 0.6 is 0 Å². The molecular formula is C21H23N5O3. The second-order valence-electron chi connectivity index (χ2n) is 6.73. The molecule has 0 unspecified atom stereocenters. The number of nitrogens with one attached hydrogen (secondary N) is 3. The predicted octanol–water partition coefficient (Wildman–Crippen LogP) is 2.45. The molecule has 3 aromatic rings. The van der Waals surface area contributed by atoms with Crippen molar-refractivity contribution in [2.75, 3.05) is 17.2 Å². The molecule has 0 radical (unpaired) electrons. The number of pyridine rings is 1. The Kier molecular flexibility index (Phi) is 5.92. The Labute approximate surface area is 168 Å². The molecule has 0 bridgehead atoms. The minimum atomic E-state index is -0.298. The first-order valence-corrected chi connectivity index (χ1v) is 9.20. The summed E-state index contributed by atoms with van der Waals surface area (Å²) in [5.74, 6) is -0.558. The number of rotatable bonds is 7. The van der Waals surface area contributed by atoms with Gasteiger partial charge in [-0.15, -0.1) is 0 Å². The summed E-state index contributed by atoms with van der Waals surface area (Å²) in [6, 6.07) is 9.38. The summed E-state index contributed by atoms with van der Waals surface area (Å²) in [5, 5.41) is 8.68. The van der Waals surface area contributed by atoms with E-state index >= 15 is 0 Å². The van der Waals surface area contributed by atoms with Gasteiger partial charge in [0.25, 0.3) is 0 Å². The van der Waals surface area contributed by atoms with Crippen LogP contribution in [0.3, 0.4) is 0 Å². The van der Waals surface area contributed by atoms with Crippen LogP contribution in [0.25, 0.3) is 5.65 Å². The lowest BCUT2D eigenvalue weighted by Gasteiger charge is -2.15. The third-order valence-electron chi connectivity index (χ3n) is 4.62. The number of aryl methyl sites for hydroxylation is 2. The predicted molar refractivity (Wildman–Crippen MR) is 111 cm³/mol. The van der Waals surface area contributed by atoms with Crippen molar-refractivity contribution in [2.24, 2.45) is 0 Å². The van der Waals surface area contributed by atoms with Crippen LogP contribution in [-0.2, 0) is 16.1 Å². The molecule has 150 valence electrons. The number of fused-ring (bicyclic) bond motifs is 1. The Morgan fingerprint density at radius 1 is 1.14 bits per heavy atom. The zero-order chi connectivity index (χ0) is 21.0. The molecule has 3 N–H and O–H groups in total. The molecule has 0 atom stereocenters. The Hall–Kier alpha value is -3.68. The molecule has 0 aliphatic heterocycles. The normalized spacial score (nSPS) is 10.6. The van der Waals surface area contributed by atoms with Crippen LogP contribution in [0, 0.1) is 13.8 Å². The van der Waals surface area contributed by atoms with Crippen LogP contribution in [0.15, 0.2) is 36.5 Å². The molecule has 0 saturated carbocycles. The highest BCUT2D eigenvalue weighted by molar-refractivity contribution is 5.95. The van der Waals surface area contributed by atoms with E-state index in [1.54, 1.807) is 17.5 Å². The summed E-state index contributed by atoms with van der Waals surface area (Å²) >= 11 is 0. The van der Waals surface area contributed by atoms with E-state index in [4.69, 9.17) is 0 Å². The van der Waals surface area contributed by atoms with Gasteiger partial charge in [-0.05, 0) is 43.2 Å². The summed E-state index contributed by atoms with van der Waals surface area (Å²) in [6.07, 6.45) is 2.59. The summed E-state index contributed by atoms with van der Waals surface area (Å²) < 4.78 is 1.75. The van der Waals surface area contributed by atoms with E-state index in [9.17, 15) is 14.4 Å². The zero-order valence-corrected chi connectivity index (χ0v) is 16.6. The third kappa shape index (κ3) is 4.43. The van der Waals surface area contributed by atoms with Crippen molar-refractivity contribution in [3.8, 4) is 0 Å². The van der Waals surface area contributed by atoms with E-state index in [-0.39, 0.29) is 18.4 Å². The summed E-state index contributed by atoms with van der Waals surface area (Å²) in [4.78, 5) is 38.9. The topological polar surface area (TPSA) is 105 Å². The van der Waals surface area contributed by atoms with Gasteiger partial charge in [0.05, 0.1) is 17.9 Å². The molecule has 0 aliphatic carbocycles. The number of nitrogens with zero attached hydrogens (tertiary/aromatic N) is 2. The number of carbonyl (C=O) groups excluding carboxylic acids is 3.